The Morgan fingerprint density at radius 3 is 2.10 bits per heavy atom. The summed E-state index contributed by atoms with van der Waals surface area (Å²) in [6.07, 6.45) is 0.908. The maximum absolute atomic E-state index is 13.7. The molecule has 9 heteroatoms. The Morgan fingerprint density at radius 1 is 1.10 bits per heavy atom. The van der Waals surface area contributed by atoms with Crippen molar-refractivity contribution >= 4 is 22.1 Å². The number of nitrogens with zero attached hydrogens (tertiary/aromatic N) is 1. The molecule has 1 N–H and O–H groups in total. The van der Waals surface area contributed by atoms with Gasteiger partial charge in [-0.05, 0) is 36.8 Å². The Morgan fingerprint density at radius 2 is 1.67 bits per heavy atom. The molecule has 0 amide bonds. The van der Waals surface area contributed by atoms with Gasteiger partial charge in [0.1, 0.15) is 10.6 Å². The van der Waals surface area contributed by atoms with Gasteiger partial charge in [0, 0.05) is 5.69 Å². The smallest absolute Gasteiger partial charge is 0.282 e. The fourth-order valence-corrected chi connectivity index (χ4v) is 2.23. The van der Waals surface area contributed by atoms with Crippen molar-refractivity contribution in [1.29, 1.82) is 0 Å². The molecule has 0 bridgehead atoms. The minimum absolute atomic E-state index is 0.0127. The summed E-state index contributed by atoms with van der Waals surface area (Å²) in [4.78, 5) is -2.01. The number of hydrogen-bond acceptors (Lipinski definition) is 1. The van der Waals surface area contributed by atoms with Gasteiger partial charge in [0.2, 0.25) is 0 Å². The predicted octanol–water partition coefficient (Wildman–Crippen LogP) is 5.84. The van der Waals surface area contributed by atoms with Crippen LogP contribution in [-0.2, 0) is 0 Å². The monoisotopic (exact) mass is 328 g/mol. The molecule has 0 saturated carbocycles. The number of nitrogens with one attached hydrogen (secondary N) is 1. The third kappa shape index (κ3) is 3.81. The van der Waals surface area contributed by atoms with Crippen molar-refractivity contribution in [3.8, 4) is 0 Å². The Kier molecular flexibility index (Phi) is 3.00. The minimum atomic E-state index is -9.69. The number of rotatable bonds is 3. The Bertz CT molecular complexity index is 700. The maximum Gasteiger partial charge on any atom is 0.310 e. The zero-order valence-electron chi connectivity index (χ0n) is 10.6. The molecular formula is C12H10F6N2S. The van der Waals surface area contributed by atoms with E-state index >= 15 is 0 Å². The van der Waals surface area contributed by atoms with E-state index in [0.717, 1.165) is 18.2 Å². The molecule has 0 atom stereocenters. The maximum atomic E-state index is 13.7. The van der Waals surface area contributed by atoms with Crippen molar-refractivity contribution < 1.29 is 23.8 Å². The first-order chi connectivity index (χ1) is 9.35. The van der Waals surface area contributed by atoms with E-state index in [1.165, 1.54) is 6.07 Å². The molecule has 2 rings (SSSR count). The van der Waals surface area contributed by atoms with E-state index in [1.54, 1.807) is 6.92 Å². The molecule has 21 heavy (non-hydrogen) atoms. The average Bonchev–Trinajstić information content (AvgIpc) is 2.73. The van der Waals surface area contributed by atoms with Gasteiger partial charge in [-0.1, -0.05) is 31.6 Å². The topological polar surface area (TPSA) is 28.7 Å². The standard InChI is InChI=1S/C12H10F6N2S/c1-8-6-12(20-19-8)11(13)7-9-2-4-10(5-3-9)21(14,15,16,17)18/h2-7H,1H3,(H,19,20). The number of aromatic amines is 1. The zero-order chi connectivity index (χ0) is 16.0. The predicted molar refractivity (Wildman–Crippen MR) is 70.1 cm³/mol. The molecule has 1 heterocycles. The molecule has 0 fully saturated rings. The van der Waals surface area contributed by atoms with E-state index in [9.17, 15) is 23.8 Å². The summed E-state index contributed by atoms with van der Waals surface area (Å²) in [5.74, 6) is -0.792. The molecule has 0 saturated heterocycles. The van der Waals surface area contributed by atoms with E-state index in [-0.39, 0.29) is 23.4 Å². The van der Waals surface area contributed by atoms with Crippen molar-refractivity contribution in [3.05, 3.63) is 47.3 Å². The first kappa shape index (κ1) is 15.5. The largest absolute Gasteiger partial charge is 0.310 e. The van der Waals surface area contributed by atoms with Crippen LogP contribution in [0.4, 0.5) is 23.8 Å². The van der Waals surface area contributed by atoms with Crippen LogP contribution in [-0.4, -0.2) is 10.2 Å². The molecular weight excluding hydrogens is 318 g/mol. The van der Waals surface area contributed by atoms with Gasteiger partial charge in [0.15, 0.2) is 5.83 Å². The van der Waals surface area contributed by atoms with Gasteiger partial charge in [0.05, 0.1) is 0 Å². The Balaban J connectivity index is 2.33. The highest BCUT2D eigenvalue weighted by atomic mass is 32.5. The lowest BCUT2D eigenvalue weighted by Gasteiger charge is -2.40. The summed E-state index contributed by atoms with van der Waals surface area (Å²) in [6.45, 7) is 1.65. The normalized spacial score (nSPS) is 16.4. The lowest BCUT2D eigenvalue weighted by atomic mass is 10.2. The van der Waals surface area contributed by atoms with E-state index < -0.39 is 20.9 Å². The number of halogens is 6. The van der Waals surface area contributed by atoms with Crippen LogP contribution in [0.2, 0.25) is 0 Å². The van der Waals surface area contributed by atoms with Crippen LogP contribution >= 0.6 is 10.2 Å². The summed E-state index contributed by atoms with van der Waals surface area (Å²) in [7, 11) is -9.69. The minimum Gasteiger partial charge on any atom is -0.282 e. The quantitative estimate of drug-likeness (QED) is 0.704. The average molecular weight is 328 g/mol. The van der Waals surface area contributed by atoms with Gasteiger partial charge >= 0.3 is 10.2 Å². The lowest BCUT2D eigenvalue weighted by molar-refractivity contribution is 0.364. The highest BCUT2D eigenvalue weighted by Gasteiger charge is 2.65. The van der Waals surface area contributed by atoms with Crippen LogP contribution in [0.15, 0.2) is 35.2 Å². The van der Waals surface area contributed by atoms with Gasteiger partial charge < -0.3 is 0 Å². The first-order valence-corrected chi connectivity index (χ1v) is 7.54. The highest BCUT2D eigenvalue weighted by molar-refractivity contribution is 8.45. The van der Waals surface area contributed by atoms with Crippen LogP contribution < -0.4 is 0 Å². The summed E-state index contributed by atoms with van der Waals surface area (Å²) in [6, 6.07) is 3.40. The first-order valence-electron chi connectivity index (χ1n) is 5.59. The SMILES string of the molecule is Cc1cc(C(F)=Cc2ccc(S(F)(F)(F)(F)F)cc2)n[nH]1. The molecule has 0 aliphatic carbocycles. The van der Waals surface area contributed by atoms with Crippen molar-refractivity contribution in [2.75, 3.05) is 0 Å². The fraction of sp³-hybridized carbons (Fsp3) is 0.0833. The van der Waals surface area contributed by atoms with Crippen LogP contribution in [0.5, 0.6) is 0 Å². The summed E-state index contributed by atoms with van der Waals surface area (Å²) in [5.41, 5.74) is 0.591. The Labute approximate surface area is 116 Å². The van der Waals surface area contributed by atoms with Crippen molar-refractivity contribution in [1.82, 2.24) is 10.2 Å². The summed E-state index contributed by atoms with van der Waals surface area (Å²) >= 11 is 0. The molecule has 2 aromatic rings. The molecule has 1 aromatic heterocycles. The second-order valence-corrected chi connectivity index (χ2v) is 6.88. The zero-order valence-corrected chi connectivity index (χ0v) is 11.4. The third-order valence-electron chi connectivity index (χ3n) is 2.57. The molecule has 0 spiro atoms. The van der Waals surface area contributed by atoms with Gasteiger partial charge in [-0.15, -0.1) is 0 Å². The van der Waals surface area contributed by atoms with E-state index in [1.807, 2.05) is 0 Å². The molecule has 0 unspecified atom stereocenters. The number of benzene rings is 1. The van der Waals surface area contributed by atoms with Crippen molar-refractivity contribution in [3.63, 3.8) is 0 Å². The molecule has 2 nitrogen and oxygen atoms in total. The van der Waals surface area contributed by atoms with Gasteiger partial charge in [-0.3, -0.25) is 5.10 Å². The van der Waals surface area contributed by atoms with Crippen LogP contribution in [0.1, 0.15) is 17.0 Å². The number of H-pyrrole nitrogens is 1. The van der Waals surface area contributed by atoms with E-state index in [0.29, 0.717) is 5.69 Å². The molecule has 0 radical (unpaired) electrons. The number of aryl methyl sites for hydroxylation is 1. The second-order valence-electron chi connectivity index (χ2n) is 4.47. The second kappa shape index (κ2) is 4.06. The molecule has 116 valence electrons. The van der Waals surface area contributed by atoms with Gasteiger partial charge in [-0.25, -0.2) is 4.39 Å². The van der Waals surface area contributed by atoms with Gasteiger partial charge in [-0.2, -0.15) is 5.10 Å². The van der Waals surface area contributed by atoms with Crippen molar-refractivity contribution in [2.24, 2.45) is 0 Å². The number of aromatic nitrogens is 2. The van der Waals surface area contributed by atoms with Crippen LogP contribution in [0.25, 0.3) is 11.9 Å². The van der Waals surface area contributed by atoms with Crippen LogP contribution in [0, 0.1) is 6.92 Å². The highest BCUT2D eigenvalue weighted by Crippen LogP contribution is 3.02. The van der Waals surface area contributed by atoms with Gasteiger partial charge in [0.25, 0.3) is 0 Å². The summed E-state index contributed by atoms with van der Waals surface area (Å²) < 4.78 is 76.3. The van der Waals surface area contributed by atoms with E-state index in [2.05, 4.69) is 10.2 Å². The lowest BCUT2D eigenvalue weighted by Crippen LogP contribution is -2.05. The molecule has 0 aliphatic rings. The fourth-order valence-electron chi connectivity index (χ4n) is 1.58. The number of hydrogen-bond donors (Lipinski definition) is 1. The third-order valence-corrected chi connectivity index (χ3v) is 3.73. The molecule has 0 aliphatic heterocycles. The Hall–Kier alpha value is -1.90. The van der Waals surface area contributed by atoms with Crippen molar-refractivity contribution in [2.45, 2.75) is 11.8 Å². The van der Waals surface area contributed by atoms with E-state index in [4.69, 9.17) is 0 Å². The summed E-state index contributed by atoms with van der Waals surface area (Å²) in [5, 5.41) is 6.13. The molecule has 1 aromatic carbocycles. The van der Waals surface area contributed by atoms with Crippen LogP contribution in [0.3, 0.4) is 0 Å².